The molecule has 0 unspecified atom stereocenters. The Kier molecular flexibility index (Phi) is 15.7. The Morgan fingerprint density at radius 2 is 0.704 bits per heavy atom. The van der Waals surface area contributed by atoms with Crippen LogP contribution in [-0.2, 0) is 44.4 Å². The Morgan fingerprint density at radius 1 is 0.366 bits per heavy atom. The van der Waals surface area contributed by atoms with Crippen LogP contribution in [-0.4, -0.2) is 39.4 Å². The monoisotopic (exact) mass is 955 g/mol. The molecule has 8 aromatic carbocycles. The first-order valence-electron chi connectivity index (χ1n) is 22.3. The van der Waals surface area contributed by atoms with Crippen LogP contribution in [0.25, 0.3) is 0 Å². The summed E-state index contributed by atoms with van der Waals surface area (Å²) in [5.74, 6) is 2.08. The molecule has 0 aromatic heterocycles. The molecule has 0 saturated heterocycles. The van der Waals surface area contributed by atoms with Gasteiger partial charge >= 0.3 is 5.97 Å². The largest absolute Gasteiger partial charge is 0.508 e. The molecule has 0 aliphatic heterocycles. The van der Waals surface area contributed by atoms with Crippen LogP contribution in [0.2, 0.25) is 0 Å². The lowest BCUT2D eigenvalue weighted by Crippen LogP contribution is -2.13. The number of aromatic hydroxyl groups is 4. The van der Waals surface area contributed by atoms with Gasteiger partial charge in [-0.3, -0.25) is 4.79 Å². The number of esters is 1. The van der Waals surface area contributed by atoms with Crippen LogP contribution in [0.1, 0.15) is 54.1 Å². The van der Waals surface area contributed by atoms with Gasteiger partial charge in [0.2, 0.25) is 0 Å². The van der Waals surface area contributed by atoms with Crippen molar-refractivity contribution in [2.75, 3.05) is 12.4 Å². The highest BCUT2D eigenvalue weighted by atomic mass is 16.5. The number of carbonyl (C=O) groups excluding carboxylic acids is 2. The van der Waals surface area contributed by atoms with Gasteiger partial charge in [-0.1, -0.05) is 60.7 Å². The lowest BCUT2D eigenvalue weighted by Gasteiger charge is -2.16. The highest BCUT2D eigenvalue weighted by molar-refractivity contribution is 6.05. The van der Waals surface area contributed by atoms with E-state index in [1.807, 2.05) is 12.1 Å². The van der Waals surface area contributed by atoms with Crippen LogP contribution in [0, 0.1) is 0 Å². The minimum atomic E-state index is -0.505. The summed E-state index contributed by atoms with van der Waals surface area (Å²) in [7, 11) is 1.29. The number of methoxy groups -OCH3 is 1. The molecule has 0 aliphatic rings. The predicted molar refractivity (Wildman–Crippen MR) is 263 cm³/mol. The number of nitrogens with one attached hydrogen (secondary N) is 1. The van der Waals surface area contributed by atoms with E-state index in [0.29, 0.717) is 45.7 Å². The number of anilines is 1. The third-order valence-electron chi connectivity index (χ3n) is 10.9. The predicted octanol–water partition coefficient (Wildman–Crippen LogP) is 11.0. The smallest absolute Gasteiger partial charge is 0.337 e. The molecular formula is C57H49NO13. The fourth-order valence-electron chi connectivity index (χ4n) is 6.98. The normalized spacial score (nSPS) is 10.7. The first-order chi connectivity index (χ1) is 34.5. The molecule has 1 amide bonds. The van der Waals surface area contributed by atoms with Crippen molar-refractivity contribution in [2.24, 2.45) is 0 Å². The van der Waals surface area contributed by atoms with Gasteiger partial charge in [0.05, 0.1) is 12.7 Å². The minimum absolute atomic E-state index is 0.0562. The van der Waals surface area contributed by atoms with Gasteiger partial charge in [-0.25, -0.2) is 4.79 Å². The average Bonchev–Trinajstić information content (AvgIpc) is 3.39. The number of benzene rings is 8. The Hall–Kier alpha value is -9.30. The van der Waals surface area contributed by atoms with E-state index in [4.69, 9.17) is 33.2 Å². The molecule has 0 heterocycles. The summed E-state index contributed by atoms with van der Waals surface area (Å²) in [6.07, 6.45) is 0. The zero-order valence-electron chi connectivity index (χ0n) is 38.4. The zero-order valence-corrected chi connectivity index (χ0v) is 38.4. The molecule has 0 aliphatic carbocycles. The third kappa shape index (κ3) is 13.9. The molecule has 0 radical (unpaired) electrons. The van der Waals surface area contributed by atoms with E-state index in [1.54, 1.807) is 164 Å². The number of hydrogen-bond acceptors (Lipinski definition) is 13. The van der Waals surface area contributed by atoms with Crippen molar-refractivity contribution in [1.82, 2.24) is 0 Å². The Labute approximate surface area is 409 Å². The maximum atomic E-state index is 13.9. The molecule has 360 valence electrons. The van der Waals surface area contributed by atoms with Crippen LogP contribution in [0.3, 0.4) is 0 Å². The number of hydrogen-bond donors (Lipinski definition) is 5. The summed E-state index contributed by atoms with van der Waals surface area (Å²) in [6.45, 7) is 0.912. The molecule has 14 heteroatoms. The Balaban J connectivity index is 1.03. The van der Waals surface area contributed by atoms with Crippen molar-refractivity contribution < 1.29 is 63.2 Å². The lowest BCUT2D eigenvalue weighted by atomic mass is 10.1. The van der Waals surface area contributed by atoms with Gasteiger partial charge in [-0.2, -0.15) is 0 Å². The molecule has 0 bridgehead atoms. The SMILES string of the molecule is COC(=O)c1ccc(NC(=O)c2cc(OCc3ccc(OCc4ccc(O)cc4)c(OCc4ccc(O)cc4)c3)cc(OCc3ccc(OCc4ccc(O)cc4)c(OCc4ccc(O)cc4)c3)c2)cc1. The van der Waals surface area contributed by atoms with Crippen LogP contribution in [0.5, 0.6) is 57.5 Å². The number of amides is 1. The lowest BCUT2D eigenvalue weighted by molar-refractivity contribution is 0.0600. The summed E-state index contributed by atoms with van der Waals surface area (Å²) >= 11 is 0. The third-order valence-corrected chi connectivity index (χ3v) is 10.9. The summed E-state index contributed by atoms with van der Waals surface area (Å²) < 4.78 is 42.3. The number of phenolic OH excluding ortho intramolecular Hbond substituents is 4. The summed E-state index contributed by atoms with van der Waals surface area (Å²) in [5.41, 5.74) is 5.76. The Bertz CT molecular complexity index is 2880. The number of ether oxygens (including phenoxy) is 7. The van der Waals surface area contributed by atoms with E-state index in [9.17, 15) is 30.0 Å². The quantitative estimate of drug-likeness (QED) is 0.0428. The highest BCUT2D eigenvalue weighted by Crippen LogP contribution is 2.34. The Morgan fingerprint density at radius 3 is 1.07 bits per heavy atom. The molecule has 14 nitrogen and oxygen atoms in total. The van der Waals surface area contributed by atoms with E-state index >= 15 is 0 Å². The van der Waals surface area contributed by atoms with Crippen molar-refractivity contribution in [3.63, 3.8) is 0 Å². The van der Waals surface area contributed by atoms with E-state index in [0.717, 1.165) is 33.4 Å². The van der Waals surface area contributed by atoms with Crippen LogP contribution in [0.4, 0.5) is 5.69 Å². The molecule has 0 spiro atoms. The minimum Gasteiger partial charge on any atom is -0.508 e. The van der Waals surface area contributed by atoms with Crippen molar-refractivity contribution in [3.05, 3.63) is 220 Å². The van der Waals surface area contributed by atoms with Gasteiger partial charge in [0.25, 0.3) is 5.91 Å². The zero-order chi connectivity index (χ0) is 49.5. The second-order valence-corrected chi connectivity index (χ2v) is 16.2. The molecular weight excluding hydrogens is 907 g/mol. The summed E-state index contributed by atoms with van der Waals surface area (Å²) in [5, 5.41) is 41.9. The average molecular weight is 956 g/mol. The maximum absolute atomic E-state index is 13.9. The first-order valence-corrected chi connectivity index (χ1v) is 22.3. The van der Waals surface area contributed by atoms with Gasteiger partial charge in [0.15, 0.2) is 23.0 Å². The fraction of sp³-hybridized carbons (Fsp3) is 0.123. The summed E-state index contributed by atoms with van der Waals surface area (Å²) in [6, 6.07) is 48.8. The standard InChI is InChI=1S/C57H49NO13/c1-65-57(64)43-12-14-45(15-13-43)58-56(63)44-28-50(66-35-41-10-24-52(68-31-37-2-16-46(59)17-3-37)54(26-41)70-33-39-6-20-48(61)21-7-39)30-51(29-44)67-36-42-11-25-53(69-32-38-4-18-47(60)19-5-38)55(27-42)71-34-40-8-22-49(62)23-9-40/h2-30,59-62H,31-36H2,1H3,(H,58,63). The second kappa shape index (κ2) is 23.1. The van der Waals surface area contributed by atoms with Crippen molar-refractivity contribution >= 4 is 17.6 Å². The maximum Gasteiger partial charge on any atom is 0.337 e. The van der Waals surface area contributed by atoms with Gasteiger partial charge in [-0.05, 0) is 143 Å². The van der Waals surface area contributed by atoms with Crippen molar-refractivity contribution in [3.8, 4) is 57.5 Å². The van der Waals surface area contributed by atoms with Gasteiger partial charge in [0, 0.05) is 17.3 Å². The molecule has 8 aromatic rings. The molecule has 8 rings (SSSR count). The number of phenols is 4. The van der Waals surface area contributed by atoms with E-state index in [2.05, 4.69) is 5.32 Å². The summed E-state index contributed by atoms with van der Waals surface area (Å²) in [4.78, 5) is 25.9. The highest BCUT2D eigenvalue weighted by Gasteiger charge is 2.16. The molecule has 0 atom stereocenters. The topological polar surface area (TPSA) is 192 Å². The molecule has 0 saturated carbocycles. The molecule has 71 heavy (non-hydrogen) atoms. The van der Waals surface area contributed by atoms with Gasteiger partial charge < -0.3 is 58.9 Å². The van der Waals surface area contributed by atoms with Crippen LogP contribution < -0.4 is 33.7 Å². The number of carbonyl (C=O) groups is 2. The van der Waals surface area contributed by atoms with Crippen LogP contribution >= 0.6 is 0 Å². The van der Waals surface area contributed by atoms with Crippen molar-refractivity contribution in [1.29, 1.82) is 0 Å². The van der Waals surface area contributed by atoms with Crippen molar-refractivity contribution in [2.45, 2.75) is 39.6 Å². The first kappa shape index (κ1) is 48.2. The van der Waals surface area contributed by atoms with E-state index < -0.39 is 11.9 Å². The van der Waals surface area contributed by atoms with Crippen LogP contribution in [0.15, 0.2) is 176 Å². The number of rotatable bonds is 21. The molecule has 5 N–H and O–H groups in total. The van der Waals surface area contributed by atoms with E-state index in [1.165, 1.54) is 7.11 Å². The van der Waals surface area contributed by atoms with Gasteiger partial charge in [-0.15, -0.1) is 0 Å². The fourth-order valence-corrected chi connectivity index (χ4v) is 6.98. The second-order valence-electron chi connectivity index (χ2n) is 16.2. The molecule has 0 fully saturated rings. The van der Waals surface area contributed by atoms with E-state index in [-0.39, 0.29) is 68.2 Å². The van der Waals surface area contributed by atoms with Gasteiger partial charge in [0.1, 0.15) is 74.1 Å².